The molecule has 0 fully saturated rings. The second-order valence-corrected chi connectivity index (χ2v) is 8.14. The van der Waals surface area contributed by atoms with Gasteiger partial charge in [-0.05, 0) is 49.7 Å². The molecule has 2 aromatic heterocycles. The lowest BCUT2D eigenvalue weighted by Crippen LogP contribution is -2.31. The van der Waals surface area contributed by atoms with E-state index in [-0.39, 0.29) is 12.6 Å². The molecule has 8 heteroatoms. The van der Waals surface area contributed by atoms with Crippen molar-refractivity contribution in [1.29, 1.82) is 0 Å². The number of aliphatic hydroxyl groups is 1. The van der Waals surface area contributed by atoms with Crippen LogP contribution < -0.4 is 10.5 Å². The number of amidine groups is 1. The number of halogens is 1. The van der Waals surface area contributed by atoms with Crippen molar-refractivity contribution < 1.29 is 19.0 Å². The Morgan fingerprint density at radius 3 is 2.75 bits per heavy atom. The molecule has 5 rings (SSSR count). The summed E-state index contributed by atoms with van der Waals surface area (Å²) in [7, 11) is 0. The molecule has 1 spiro atoms. The molecule has 0 amide bonds. The number of benzene rings is 1. The molecule has 0 saturated carbocycles. The van der Waals surface area contributed by atoms with Crippen LogP contribution in [-0.4, -0.2) is 33.3 Å². The van der Waals surface area contributed by atoms with Gasteiger partial charge in [0, 0.05) is 29.1 Å². The van der Waals surface area contributed by atoms with Gasteiger partial charge in [0.05, 0.1) is 5.56 Å². The van der Waals surface area contributed by atoms with E-state index in [1.54, 1.807) is 56.4 Å². The number of pyridine rings is 2. The molecule has 0 unspecified atom stereocenters. The van der Waals surface area contributed by atoms with Crippen LogP contribution in [0.5, 0.6) is 11.6 Å². The van der Waals surface area contributed by atoms with Gasteiger partial charge in [-0.15, -0.1) is 0 Å². The molecule has 4 heterocycles. The van der Waals surface area contributed by atoms with E-state index >= 15 is 0 Å². The fraction of sp³-hybridized carbons (Fsp3) is 0.208. The van der Waals surface area contributed by atoms with Crippen LogP contribution in [0.1, 0.15) is 30.5 Å². The highest BCUT2D eigenvalue weighted by atomic mass is 19.1. The van der Waals surface area contributed by atoms with Crippen molar-refractivity contribution in [2.75, 3.05) is 6.61 Å². The Labute approximate surface area is 183 Å². The molecular weight excluding hydrogens is 411 g/mol. The standard InChI is InChI=1S/C24H19FN4O3/c1-23(2,30)8-7-14-10-18-21(28-12-14)32-19-6-5-15(16-4-3-9-27-20(16)25)11-17(19)24(18)13-31-22(26)29-24/h3-6,9-12,30H,13H2,1-2H3,(H2,26,29)/t24-/m0/s1. The Bertz CT molecular complexity index is 1340. The number of hydrogen-bond acceptors (Lipinski definition) is 7. The van der Waals surface area contributed by atoms with Gasteiger partial charge in [0.15, 0.2) is 5.54 Å². The maximum absolute atomic E-state index is 14.4. The lowest BCUT2D eigenvalue weighted by atomic mass is 9.81. The van der Waals surface area contributed by atoms with E-state index in [9.17, 15) is 9.50 Å². The predicted octanol–water partition coefficient (Wildman–Crippen LogP) is 3.10. The molecule has 0 saturated heterocycles. The third-order valence-corrected chi connectivity index (χ3v) is 5.24. The number of aromatic nitrogens is 2. The van der Waals surface area contributed by atoms with Crippen molar-refractivity contribution in [2.24, 2.45) is 10.7 Å². The van der Waals surface area contributed by atoms with E-state index in [0.29, 0.717) is 39.4 Å². The van der Waals surface area contributed by atoms with Gasteiger partial charge in [-0.25, -0.2) is 15.0 Å². The van der Waals surface area contributed by atoms with Crippen LogP contribution in [0.3, 0.4) is 0 Å². The topological polar surface area (TPSA) is 103 Å². The molecule has 7 nitrogen and oxygen atoms in total. The quantitative estimate of drug-likeness (QED) is 0.454. The molecule has 1 aromatic carbocycles. The molecule has 0 bridgehead atoms. The van der Waals surface area contributed by atoms with Crippen molar-refractivity contribution in [3.63, 3.8) is 0 Å². The first kappa shape index (κ1) is 20.0. The largest absolute Gasteiger partial charge is 0.462 e. The van der Waals surface area contributed by atoms with Crippen LogP contribution in [0.25, 0.3) is 11.1 Å². The van der Waals surface area contributed by atoms with Crippen molar-refractivity contribution >= 4 is 6.02 Å². The third-order valence-electron chi connectivity index (χ3n) is 5.24. The summed E-state index contributed by atoms with van der Waals surface area (Å²) in [6.45, 7) is 3.33. The molecule has 1 atom stereocenters. The minimum atomic E-state index is -1.15. The van der Waals surface area contributed by atoms with Crippen molar-refractivity contribution in [3.8, 4) is 34.6 Å². The Hall–Kier alpha value is -3.96. The summed E-state index contributed by atoms with van der Waals surface area (Å²) in [5, 5.41) is 9.94. The van der Waals surface area contributed by atoms with Gasteiger partial charge in [0.1, 0.15) is 18.0 Å². The van der Waals surface area contributed by atoms with Gasteiger partial charge in [-0.3, -0.25) is 0 Å². The first-order valence-electron chi connectivity index (χ1n) is 9.93. The summed E-state index contributed by atoms with van der Waals surface area (Å²) in [6, 6.07) is 10.5. The molecule has 3 N–H and O–H groups in total. The summed E-state index contributed by atoms with van der Waals surface area (Å²) in [6.07, 6.45) is 2.97. The summed E-state index contributed by atoms with van der Waals surface area (Å²) < 4.78 is 26.0. The van der Waals surface area contributed by atoms with Gasteiger partial charge in [0.25, 0.3) is 6.02 Å². The average molecular weight is 430 g/mol. The van der Waals surface area contributed by atoms with Gasteiger partial charge < -0.3 is 20.3 Å². The molecule has 160 valence electrons. The van der Waals surface area contributed by atoms with E-state index in [4.69, 9.17) is 15.2 Å². The highest BCUT2D eigenvalue weighted by molar-refractivity contribution is 5.77. The van der Waals surface area contributed by atoms with Crippen molar-refractivity contribution in [2.45, 2.75) is 25.0 Å². The van der Waals surface area contributed by atoms with E-state index in [1.165, 1.54) is 6.20 Å². The first-order valence-corrected chi connectivity index (χ1v) is 9.93. The first-order chi connectivity index (χ1) is 15.2. The normalized spacial score (nSPS) is 18.6. The molecule has 0 radical (unpaired) electrons. The summed E-state index contributed by atoms with van der Waals surface area (Å²) >= 11 is 0. The highest BCUT2D eigenvalue weighted by Gasteiger charge is 2.47. The number of rotatable bonds is 1. The van der Waals surface area contributed by atoms with Crippen LogP contribution in [-0.2, 0) is 10.3 Å². The van der Waals surface area contributed by atoms with Crippen LogP contribution in [0.15, 0.2) is 53.8 Å². The predicted molar refractivity (Wildman–Crippen MR) is 115 cm³/mol. The zero-order chi connectivity index (χ0) is 22.5. The fourth-order valence-electron chi connectivity index (χ4n) is 3.79. The minimum absolute atomic E-state index is 0.0368. The van der Waals surface area contributed by atoms with E-state index < -0.39 is 17.1 Å². The molecule has 2 aliphatic heterocycles. The van der Waals surface area contributed by atoms with Crippen LogP contribution in [0.2, 0.25) is 0 Å². The fourth-order valence-corrected chi connectivity index (χ4v) is 3.79. The zero-order valence-electron chi connectivity index (χ0n) is 17.4. The molecular formula is C24H19FN4O3. The maximum Gasteiger partial charge on any atom is 0.283 e. The SMILES string of the molecule is CC(C)(O)C#Cc1cnc2c(c1)[C@]1(COC(N)=N1)c1cc(-c3cccnc3F)ccc1O2. The molecule has 3 aromatic rings. The second-order valence-electron chi connectivity index (χ2n) is 8.14. The summed E-state index contributed by atoms with van der Waals surface area (Å²) in [5.74, 6) is 6.00. The Morgan fingerprint density at radius 1 is 1.19 bits per heavy atom. The Morgan fingerprint density at radius 2 is 2.03 bits per heavy atom. The molecule has 2 aliphatic rings. The van der Waals surface area contributed by atoms with Gasteiger partial charge >= 0.3 is 0 Å². The average Bonchev–Trinajstić information content (AvgIpc) is 3.15. The lowest BCUT2D eigenvalue weighted by molar-refractivity contribution is 0.143. The van der Waals surface area contributed by atoms with Crippen molar-refractivity contribution in [3.05, 3.63) is 71.4 Å². The third kappa shape index (κ3) is 3.33. The van der Waals surface area contributed by atoms with Gasteiger partial charge in [-0.1, -0.05) is 17.9 Å². The smallest absolute Gasteiger partial charge is 0.283 e. The van der Waals surface area contributed by atoms with Crippen LogP contribution in [0, 0.1) is 17.8 Å². The number of nitrogens with two attached hydrogens (primary N) is 1. The zero-order valence-corrected chi connectivity index (χ0v) is 17.4. The van der Waals surface area contributed by atoms with Crippen LogP contribution in [0.4, 0.5) is 4.39 Å². The van der Waals surface area contributed by atoms with E-state index in [1.807, 2.05) is 0 Å². The Balaban J connectivity index is 1.70. The summed E-state index contributed by atoms with van der Waals surface area (Å²) in [4.78, 5) is 12.8. The minimum Gasteiger partial charge on any atom is -0.462 e. The monoisotopic (exact) mass is 430 g/mol. The number of fused-ring (bicyclic) bond motifs is 4. The van der Waals surface area contributed by atoms with Gasteiger partial charge in [-0.2, -0.15) is 4.39 Å². The molecule has 32 heavy (non-hydrogen) atoms. The maximum atomic E-state index is 14.4. The van der Waals surface area contributed by atoms with Crippen LogP contribution >= 0.6 is 0 Å². The van der Waals surface area contributed by atoms with E-state index in [0.717, 1.165) is 0 Å². The number of ether oxygens (including phenoxy) is 2. The Kier molecular flexibility index (Phi) is 4.39. The second kappa shape index (κ2) is 7.04. The number of hydrogen-bond donors (Lipinski definition) is 2. The highest BCUT2D eigenvalue weighted by Crippen LogP contribution is 2.51. The molecule has 0 aliphatic carbocycles. The number of aliphatic imine (C=N–C) groups is 1. The van der Waals surface area contributed by atoms with E-state index in [2.05, 4.69) is 26.8 Å². The van der Waals surface area contributed by atoms with Crippen molar-refractivity contribution in [1.82, 2.24) is 9.97 Å². The lowest BCUT2D eigenvalue weighted by Gasteiger charge is -2.33. The van der Waals surface area contributed by atoms with Gasteiger partial charge in [0.2, 0.25) is 11.8 Å². The summed E-state index contributed by atoms with van der Waals surface area (Å²) in [5.41, 5.74) is 6.58. The number of nitrogens with zero attached hydrogens (tertiary/aromatic N) is 3.